The minimum absolute atomic E-state index is 0.0885. The first-order valence-corrected chi connectivity index (χ1v) is 26.4. The first-order valence-electron chi connectivity index (χ1n) is 25.6. The molecule has 2 aromatic heterocycles. The number of aliphatic hydroxyl groups excluding tert-OH is 2. The van der Waals surface area contributed by atoms with E-state index in [-0.39, 0.29) is 19.0 Å². The third-order valence-electron chi connectivity index (χ3n) is 13.9. The molecular weight excluding hydrogens is 1000 g/mol. The molecule has 2 unspecified atom stereocenters. The number of benzene rings is 6. The highest BCUT2D eigenvalue weighted by atomic mass is 35.5. The van der Waals surface area contributed by atoms with Crippen LogP contribution in [0.15, 0.2) is 121 Å². The largest absolute Gasteiger partial charge is 0.443 e. The lowest BCUT2D eigenvalue weighted by Crippen LogP contribution is -2.32. The Hall–Kier alpha value is -6.97. The fourth-order valence-corrected chi connectivity index (χ4v) is 10.9. The van der Waals surface area contributed by atoms with E-state index in [4.69, 9.17) is 32.7 Å². The van der Waals surface area contributed by atoms with Crippen molar-refractivity contribution in [2.24, 2.45) is 0 Å². The van der Waals surface area contributed by atoms with Crippen LogP contribution in [-0.4, -0.2) is 61.7 Å². The molecule has 0 bridgehead atoms. The van der Waals surface area contributed by atoms with Gasteiger partial charge in [-0.3, -0.25) is 15.4 Å². The molecule has 0 spiro atoms. The number of hydrogen-bond acceptors (Lipinski definition) is 11. The van der Waals surface area contributed by atoms with E-state index >= 15 is 4.79 Å². The van der Waals surface area contributed by atoms with Gasteiger partial charge in [-0.1, -0.05) is 71.7 Å². The molecule has 8 aromatic rings. The van der Waals surface area contributed by atoms with E-state index in [1.165, 1.54) is 0 Å². The van der Waals surface area contributed by atoms with Crippen LogP contribution in [0.2, 0.25) is 10.0 Å². The Kier molecular flexibility index (Phi) is 14.6. The van der Waals surface area contributed by atoms with Gasteiger partial charge in [0.25, 0.3) is 0 Å². The number of Topliss-reactive ketones (excluding diaryl/α,β-unsaturated/α-hetero) is 1. The van der Waals surface area contributed by atoms with Crippen molar-refractivity contribution in [2.45, 2.75) is 104 Å². The maximum Gasteiger partial charge on any atom is 0.419 e. The average molecular weight is 1060 g/mol. The molecule has 0 saturated carbocycles. The number of nitrogens with one attached hydrogen (secondary N) is 4. The quantitative estimate of drug-likeness (QED) is 0.0613. The Labute approximate surface area is 452 Å². The van der Waals surface area contributed by atoms with Gasteiger partial charge in [-0.05, 0) is 172 Å². The predicted molar refractivity (Wildman–Crippen MR) is 301 cm³/mol. The highest BCUT2D eigenvalue weighted by Gasteiger charge is 2.42. The molecule has 6 aromatic carbocycles. The zero-order valence-corrected chi connectivity index (χ0v) is 45.0. The summed E-state index contributed by atoms with van der Waals surface area (Å²) in [7, 11) is 0. The number of fused-ring (bicyclic) bond motifs is 4. The van der Waals surface area contributed by atoms with Crippen LogP contribution in [0.25, 0.3) is 44.3 Å². The number of ether oxygens (including phenoxy) is 2. The number of ketones is 1. The van der Waals surface area contributed by atoms with Gasteiger partial charge in [-0.25, -0.2) is 18.7 Å². The van der Waals surface area contributed by atoms with Gasteiger partial charge in [0.1, 0.15) is 11.2 Å². The van der Waals surface area contributed by atoms with E-state index in [9.17, 15) is 19.8 Å². The van der Waals surface area contributed by atoms with E-state index < -0.39 is 35.5 Å². The van der Waals surface area contributed by atoms with Crippen LogP contribution < -0.4 is 21.3 Å². The zero-order valence-electron chi connectivity index (χ0n) is 43.4. The van der Waals surface area contributed by atoms with Gasteiger partial charge in [-0.15, -0.1) is 0 Å². The van der Waals surface area contributed by atoms with Crippen molar-refractivity contribution in [1.29, 1.82) is 0 Å². The van der Waals surface area contributed by atoms with Crippen molar-refractivity contribution < 1.29 is 34.1 Å². The molecule has 76 heavy (non-hydrogen) atoms. The molecule has 13 nitrogen and oxygen atoms in total. The van der Waals surface area contributed by atoms with Gasteiger partial charge in [0.05, 0.1) is 34.5 Å². The Balaban J connectivity index is 1.02. The maximum absolute atomic E-state index is 15.6. The van der Waals surface area contributed by atoms with E-state index in [2.05, 4.69) is 21.3 Å². The van der Waals surface area contributed by atoms with Crippen LogP contribution in [-0.2, 0) is 53.3 Å². The maximum atomic E-state index is 15.6. The van der Waals surface area contributed by atoms with E-state index in [0.717, 1.165) is 55.5 Å². The van der Waals surface area contributed by atoms with Gasteiger partial charge in [0, 0.05) is 82.7 Å². The Morgan fingerprint density at radius 1 is 0.553 bits per heavy atom. The average Bonchev–Trinajstić information content (AvgIpc) is 4.32. The standard InChI is InChI=1S/C61H62Cl2N6O7/c1-60(2,3)75-58(73)68-49-21-11-37(31-64-41-13-7-35(8-14-41)23-25-70)27-39(49)29-51(68)43-17-19-47(62)45-33-66-55(53(43)45)57(72)56-54-44(18-20-48(63)46(54)34-67-56)52-30-40-28-38(32-65-42-15-9-36(10-16-42)24-26-71)12-22-50(40)69(52)59(74)76-61(4,5)6/h7-22,27-30,55-56,64-67,70-71H,23-26,31-34H2,1-6H3. The molecule has 10 rings (SSSR count). The number of nitrogens with zero attached hydrogens (tertiary/aromatic N) is 2. The molecule has 15 heteroatoms. The number of aromatic nitrogens is 2. The molecule has 0 amide bonds. The topological polar surface area (TPSA) is 168 Å². The number of rotatable bonds is 14. The van der Waals surface area contributed by atoms with Crippen molar-refractivity contribution in [2.75, 3.05) is 23.8 Å². The Morgan fingerprint density at radius 2 is 0.934 bits per heavy atom. The monoisotopic (exact) mass is 1060 g/mol. The molecule has 2 atom stereocenters. The summed E-state index contributed by atoms with van der Waals surface area (Å²) in [5, 5.41) is 35.2. The van der Waals surface area contributed by atoms with Crippen LogP contribution in [0.4, 0.5) is 21.0 Å². The lowest BCUT2D eigenvalue weighted by atomic mass is 9.87. The van der Waals surface area contributed by atoms with Gasteiger partial charge in [0.2, 0.25) is 0 Å². The number of halogens is 2. The predicted octanol–water partition coefficient (Wildman–Crippen LogP) is 12.7. The molecule has 0 radical (unpaired) electrons. The first-order chi connectivity index (χ1) is 36.4. The molecular formula is C61H62Cl2N6O7. The third-order valence-corrected chi connectivity index (χ3v) is 14.6. The highest BCUT2D eigenvalue weighted by Crippen LogP contribution is 2.47. The smallest absolute Gasteiger partial charge is 0.419 e. The van der Waals surface area contributed by atoms with Crippen molar-refractivity contribution >= 4 is 74.4 Å². The Bertz CT molecular complexity index is 3300. The normalized spacial score (nSPS) is 15.2. The number of anilines is 2. The summed E-state index contributed by atoms with van der Waals surface area (Å²) in [5.74, 6) is -0.195. The van der Waals surface area contributed by atoms with Gasteiger partial charge < -0.3 is 30.3 Å². The van der Waals surface area contributed by atoms with Gasteiger partial charge in [-0.2, -0.15) is 0 Å². The second-order valence-corrected chi connectivity index (χ2v) is 22.3. The van der Waals surface area contributed by atoms with Crippen LogP contribution in [0, 0.1) is 0 Å². The highest BCUT2D eigenvalue weighted by molar-refractivity contribution is 6.32. The zero-order chi connectivity index (χ0) is 53.6. The summed E-state index contributed by atoms with van der Waals surface area (Å²) < 4.78 is 15.3. The van der Waals surface area contributed by atoms with Crippen molar-refractivity contribution in [3.05, 3.63) is 176 Å². The lowest BCUT2D eigenvalue weighted by molar-refractivity contribution is -0.123. The summed E-state index contributed by atoms with van der Waals surface area (Å²) in [4.78, 5) is 44.5. The summed E-state index contributed by atoms with van der Waals surface area (Å²) in [5.41, 5.74) is 10.8. The lowest BCUT2D eigenvalue weighted by Gasteiger charge is -2.24. The fourth-order valence-electron chi connectivity index (χ4n) is 10.4. The molecule has 0 fully saturated rings. The second-order valence-electron chi connectivity index (χ2n) is 21.5. The number of carbonyl (C=O) groups is 3. The van der Waals surface area contributed by atoms with E-state index in [0.29, 0.717) is 93.7 Å². The molecule has 0 saturated heterocycles. The molecule has 6 N–H and O–H groups in total. The molecule has 4 heterocycles. The number of carbonyl (C=O) groups excluding carboxylic acids is 3. The van der Waals surface area contributed by atoms with E-state index in [1.807, 2.05) is 151 Å². The van der Waals surface area contributed by atoms with Crippen LogP contribution in [0.5, 0.6) is 0 Å². The van der Waals surface area contributed by atoms with Gasteiger partial charge in [0.15, 0.2) is 5.78 Å². The van der Waals surface area contributed by atoms with Crippen molar-refractivity contribution in [3.8, 4) is 22.5 Å². The van der Waals surface area contributed by atoms with Gasteiger partial charge >= 0.3 is 12.2 Å². The van der Waals surface area contributed by atoms with Crippen LogP contribution in [0.3, 0.4) is 0 Å². The van der Waals surface area contributed by atoms with Crippen LogP contribution >= 0.6 is 23.2 Å². The van der Waals surface area contributed by atoms with Crippen molar-refractivity contribution in [1.82, 2.24) is 19.8 Å². The summed E-state index contributed by atoms with van der Waals surface area (Å²) in [6.45, 7) is 12.8. The SMILES string of the molecule is CC(C)(C)OC(=O)n1c(-c2ccc(Cl)c3c2C(C(=O)C2NCc4c(Cl)ccc(-c5cc6cc(CNc7ccc(CCO)cc7)ccc6n5C(=O)OC(C)(C)C)c42)NC3)cc2cc(CNc3ccc(CCO)cc3)ccc21. The molecule has 2 aliphatic rings. The van der Waals surface area contributed by atoms with Crippen LogP contribution in [0.1, 0.15) is 98.1 Å². The van der Waals surface area contributed by atoms with E-state index in [1.54, 1.807) is 21.3 Å². The summed E-state index contributed by atoms with van der Waals surface area (Å²) >= 11 is 14.0. The molecule has 392 valence electrons. The molecule has 2 aliphatic heterocycles. The second kappa shape index (κ2) is 21.2. The summed E-state index contributed by atoms with van der Waals surface area (Å²) in [6, 6.07) is 37.3. The first kappa shape index (κ1) is 52.5. The van der Waals surface area contributed by atoms with Crippen molar-refractivity contribution in [3.63, 3.8) is 0 Å². The third kappa shape index (κ3) is 10.7. The molecule has 0 aliphatic carbocycles. The number of hydrogen-bond donors (Lipinski definition) is 6. The minimum Gasteiger partial charge on any atom is -0.443 e. The summed E-state index contributed by atoms with van der Waals surface area (Å²) in [6.07, 6.45) is 0.0476. The number of aliphatic hydroxyl groups is 2. The Morgan fingerprint density at radius 3 is 1.30 bits per heavy atom. The fraction of sp³-hybridized carbons (Fsp3) is 0.295. The minimum atomic E-state index is -0.884.